The first-order valence-corrected chi connectivity index (χ1v) is 5.85. The second-order valence-corrected chi connectivity index (χ2v) is 4.24. The highest BCUT2D eigenvalue weighted by Crippen LogP contribution is 2.16. The van der Waals surface area contributed by atoms with Gasteiger partial charge in [-0.1, -0.05) is 12.1 Å². The molecule has 0 aliphatic carbocycles. The molecule has 6 heteroatoms. The van der Waals surface area contributed by atoms with E-state index in [0.717, 1.165) is 5.56 Å². The second-order valence-electron chi connectivity index (χ2n) is 4.24. The number of aliphatic carboxylic acids is 1. The van der Waals surface area contributed by atoms with Crippen LogP contribution in [0.2, 0.25) is 0 Å². The molecule has 0 spiro atoms. The van der Waals surface area contributed by atoms with Crippen molar-refractivity contribution in [2.45, 2.75) is 12.6 Å². The van der Waals surface area contributed by atoms with Gasteiger partial charge in [0, 0.05) is 6.54 Å². The molecule has 2 rings (SSSR count). The number of rotatable bonds is 4. The molecule has 1 N–H and O–H groups in total. The quantitative estimate of drug-likeness (QED) is 0.858. The van der Waals surface area contributed by atoms with E-state index in [1.54, 1.807) is 31.4 Å². The summed E-state index contributed by atoms with van der Waals surface area (Å²) in [5.41, 5.74) is 0.849. The summed E-state index contributed by atoms with van der Waals surface area (Å²) in [5.74, 6) is -0.650. The monoisotopic (exact) mass is 265 g/mol. The lowest BCUT2D eigenvalue weighted by molar-refractivity contribution is -0.163. The number of carbonyl (C=O) groups is 2. The topological polar surface area (TPSA) is 76.1 Å². The number of benzene rings is 1. The summed E-state index contributed by atoms with van der Waals surface area (Å²) in [6.07, 6.45) is 0. The summed E-state index contributed by atoms with van der Waals surface area (Å²) in [4.78, 5) is 24.2. The number of ether oxygens (including phenoxy) is 2. The third-order valence-corrected chi connectivity index (χ3v) is 2.99. The molecule has 1 atom stereocenters. The number of nitrogens with zero attached hydrogens (tertiary/aromatic N) is 1. The van der Waals surface area contributed by atoms with E-state index >= 15 is 0 Å². The van der Waals surface area contributed by atoms with Gasteiger partial charge in [-0.2, -0.15) is 0 Å². The minimum atomic E-state index is -1.05. The summed E-state index contributed by atoms with van der Waals surface area (Å²) in [6.45, 7) is 0.209. The number of hydrogen-bond acceptors (Lipinski definition) is 4. The fourth-order valence-corrected chi connectivity index (χ4v) is 1.94. The van der Waals surface area contributed by atoms with Crippen LogP contribution in [0.5, 0.6) is 5.75 Å². The highest BCUT2D eigenvalue weighted by Gasteiger charge is 2.33. The molecule has 1 aliphatic rings. The summed E-state index contributed by atoms with van der Waals surface area (Å²) in [7, 11) is 1.57. The molecule has 1 aromatic rings. The molecule has 1 fully saturated rings. The van der Waals surface area contributed by atoms with Crippen molar-refractivity contribution in [1.82, 2.24) is 4.90 Å². The number of methoxy groups -OCH3 is 1. The van der Waals surface area contributed by atoms with Crippen molar-refractivity contribution in [3.63, 3.8) is 0 Å². The van der Waals surface area contributed by atoms with E-state index in [0.29, 0.717) is 5.75 Å². The van der Waals surface area contributed by atoms with Crippen LogP contribution in [0.1, 0.15) is 5.56 Å². The molecule has 0 radical (unpaired) electrons. The maximum Gasteiger partial charge on any atom is 0.328 e. The summed E-state index contributed by atoms with van der Waals surface area (Å²) in [6, 6.07) is 6.23. The van der Waals surface area contributed by atoms with Crippen molar-refractivity contribution in [2.75, 3.05) is 20.3 Å². The lowest BCUT2D eigenvalue weighted by Gasteiger charge is -2.32. The average molecular weight is 265 g/mol. The Morgan fingerprint density at radius 1 is 1.47 bits per heavy atom. The van der Waals surface area contributed by atoms with Crippen LogP contribution < -0.4 is 4.74 Å². The lowest BCUT2D eigenvalue weighted by atomic mass is 10.1. The first-order chi connectivity index (χ1) is 9.11. The summed E-state index contributed by atoms with van der Waals surface area (Å²) in [5, 5.41) is 9.09. The first-order valence-electron chi connectivity index (χ1n) is 5.85. The van der Waals surface area contributed by atoms with Gasteiger partial charge in [-0.05, 0) is 17.7 Å². The van der Waals surface area contributed by atoms with E-state index in [-0.39, 0.29) is 25.7 Å². The predicted octanol–water partition coefficient (Wildman–Crippen LogP) is 0.507. The third kappa shape index (κ3) is 3.03. The molecular weight excluding hydrogens is 250 g/mol. The van der Waals surface area contributed by atoms with E-state index in [4.69, 9.17) is 14.6 Å². The smallest absolute Gasteiger partial charge is 0.328 e. The molecule has 0 unspecified atom stereocenters. The molecule has 1 aliphatic heterocycles. The van der Waals surface area contributed by atoms with Crippen LogP contribution in [-0.2, 0) is 20.9 Å². The minimum Gasteiger partial charge on any atom is -0.497 e. The summed E-state index contributed by atoms with van der Waals surface area (Å²) >= 11 is 0. The fraction of sp³-hybridized carbons (Fsp3) is 0.385. The molecule has 1 amide bonds. The van der Waals surface area contributed by atoms with Gasteiger partial charge in [0.15, 0.2) is 6.04 Å². The fourth-order valence-electron chi connectivity index (χ4n) is 1.94. The SMILES string of the molecule is COc1ccc(CN2C(=O)COC[C@@H]2C(=O)O)cc1. The Morgan fingerprint density at radius 2 is 2.16 bits per heavy atom. The molecule has 0 aromatic heterocycles. The Labute approximate surface area is 110 Å². The van der Waals surface area contributed by atoms with Crippen molar-refractivity contribution in [3.05, 3.63) is 29.8 Å². The molecule has 1 heterocycles. The van der Waals surface area contributed by atoms with Crippen LogP contribution in [0.15, 0.2) is 24.3 Å². The first kappa shape index (κ1) is 13.4. The van der Waals surface area contributed by atoms with Gasteiger partial charge < -0.3 is 19.5 Å². The third-order valence-electron chi connectivity index (χ3n) is 2.99. The van der Waals surface area contributed by atoms with E-state index in [2.05, 4.69) is 0 Å². The number of carboxylic acid groups (broad SMARTS) is 1. The molecule has 19 heavy (non-hydrogen) atoms. The van der Waals surface area contributed by atoms with Crippen LogP contribution in [0.3, 0.4) is 0 Å². The second kappa shape index (κ2) is 5.71. The standard InChI is InChI=1S/C13H15NO5/c1-18-10-4-2-9(3-5-10)6-14-11(13(16)17)7-19-8-12(14)15/h2-5,11H,6-8H2,1H3,(H,16,17)/t11-/m1/s1. The van der Waals surface area contributed by atoms with Crippen LogP contribution in [-0.4, -0.2) is 48.2 Å². The average Bonchev–Trinajstić information content (AvgIpc) is 2.41. The zero-order valence-electron chi connectivity index (χ0n) is 10.5. The molecule has 6 nitrogen and oxygen atoms in total. The Kier molecular flexibility index (Phi) is 4.01. The molecular formula is C13H15NO5. The Morgan fingerprint density at radius 3 is 2.74 bits per heavy atom. The highest BCUT2D eigenvalue weighted by molar-refractivity contribution is 5.85. The zero-order chi connectivity index (χ0) is 13.8. The van der Waals surface area contributed by atoms with Crippen LogP contribution >= 0.6 is 0 Å². The Balaban J connectivity index is 2.13. The molecule has 1 aromatic carbocycles. The zero-order valence-corrected chi connectivity index (χ0v) is 10.5. The van der Waals surface area contributed by atoms with Gasteiger partial charge in [-0.15, -0.1) is 0 Å². The molecule has 0 saturated carbocycles. The van der Waals surface area contributed by atoms with Gasteiger partial charge in [-0.25, -0.2) is 4.79 Å². The van der Waals surface area contributed by atoms with E-state index in [1.165, 1.54) is 4.90 Å². The normalized spacial score (nSPS) is 19.3. The van der Waals surface area contributed by atoms with Gasteiger partial charge in [0.1, 0.15) is 12.4 Å². The van der Waals surface area contributed by atoms with Crippen LogP contribution in [0, 0.1) is 0 Å². The van der Waals surface area contributed by atoms with Gasteiger partial charge in [-0.3, -0.25) is 4.79 Å². The van der Waals surface area contributed by atoms with E-state index < -0.39 is 12.0 Å². The van der Waals surface area contributed by atoms with Crippen molar-refractivity contribution in [2.24, 2.45) is 0 Å². The number of morpholine rings is 1. The number of carbonyl (C=O) groups excluding carboxylic acids is 1. The number of carboxylic acids is 1. The van der Waals surface area contributed by atoms with Crippen molar-refractivity contribution < 1.29 is 24.2 Å². The molecule has 102 valence electrons. The van der Waals surface area contributed by atoms with Gasteiger partial charge in [0.25, 0.3) is 0 Å². The van der Waals surface area contributed by atoms with Crippen molar-refractivity contribution >= 4 is 11.9 Å². The minimum absolute atomic E-state index is 0.0250. The highest BCUT2D eigenvalue weighted by atomic mass is 16.5. The van der Waals surface area contributed by atoms with Crippen LogP contribution in [0.25, 0.3) is 0 Å². The van der Waals surface area contributed by atoms with Gasteiger partial charge >= 0.3 is 5.97 Å². The van der Waals surface area contributed by atoms with Gasteiger partial charge in [0.05, 0.1) is 13.7 Å². The van der Waals surface area contributed by atoms with Crippen molar-refractivity contribution in [1.29, 1.82) is 0 Å². The number of hydrogen-bond donors (Lipinski definition) is 1. The molecule has 0 bridgehead atoms. The van der Waals surface area contributed by atoms with E-state index in [1.807, 2.05) is 0 Å². The predicted molar refractivity (Wildman–Crippen MR) is 65.8 cm³/mol. The Bertz CT molecular complexity index is 470. The maximum atomic E-state index is 11.7. The van der Waals surface area contributed by atoms with E-state index in [9.17, 15) is 9.59 Å². The maximum absolute atomic E-state index is 11.7. The largest absolute Gasteiger partial charge is 0.497 e. The molecule has 1 saturated heterocycles. The van der Waals surface area contributed by atoms with Crippen LogP contribution in [0.4, 0.5) is 0 Å². The summed E-state index contributed by atoms with van der Waals surface area (Å²) < 4.78 is 10.0. The lowest BCUT2D eigenvalue weighted by Crippen LogP contribution is -2.52. The number of amides is 1. The Hall–Kier alpha value is -2.08. The van der Waals surface area contributed by atoms with Gasteiger partial charge in [0.2, 0.25) is 5.91 Å². The van der Waals surface area contributed by atoms with Crippen molar-refractivity contribution in [3.8, 4) is 5.75 Å².